The van der Waals surface area contributed by atoms with Crippen molar-refractivity contribution in [3.05, 3.63) is 71.0 Å². The molecule has 3 amide bonds. The molecule has 0 bridgehead atoms. The molecular formula is C21H20FN3O2. The highest BCUT2D eigenvalue weighted by molar-refractivity contribution is 6.07. The van der Waals surface area contributed by atoms with Crippen LogP contribution in [-0.2, 0) is 16.9 Å². The normalized spacial score (nSPS) is 19.1. The third kappa shape index (κ3) is 3.54. The number of nitrogens with one attached hydrogen (secondary N) is 1. The lowest BCUT2D eigenvalue weighted by Gasteiger charge is -2.27. The summed E-state index contributed by atoms with van der Waals surface area (Å²) in [6.07, 6.45) is 2.03. The van der Waals surface area contributed by atoms with Crippen molar-refractivity contribution >= 4 is 11.9 Å². The summed E-state index contributed by atoms with van der Waals surface area (Å²) < 4.78 is 13.4. The summed E-state index contributed by atoms with van der Waals surface area (Å²) in [7, 11) is 0. The Kier molecular flexibility index (Phi) is 5.22. The summed E-state index contributed by atoms with van der Waals surface area (Å²) in [5.74, 6) is -0.749. The molecule has 1 N–H and O–H groups in total. The first-order valence-electron chi connectivity index (χ1n) is 8.89. The van der Waals surface area contributed by atoms with Gasteiger partial charge in [-0.25, -0.2) is 9.18 Å². The molecule has 5 nitrogen and oxygen atoms in total. The van der Waals surface area contributed by atoms with E-state index < -0.39 is 17.4 Å². The van der Waals surface area contributed by atoms with Crippen LogP contribution in [0.1, 0.15) is 42.9 Å². The van der Waals surface area contributed by atoms with Crippen LogP contribution in [0.15, 0.2) is 48.5 Å². The van der Waals surface area contributed by atoms with E-state index in [0.717, 1.165) is 17.7 Å². The van der Waals surface area contributed by atoms with Gasteiger partial charge in [-0.15, -0.1) is 0 Å². The predicted molar refractivity (Wildman–Crippen MR) is 97.8 cm³/mol. The number of carbonyl (C=O) groups is 2. The van der Waals surface area contributed by atoms with Gasteiger partial charge >= 0.3 is 6.03 Å². The maximum atomic E-state index is 13.4. The number of nitriles is 1. The summed E-state index contributed by atoms with van der Waals surface area (Å²) in [6, 6.07) is 14.1. The Balaban J connectivity index is 1.94. The van der Waals surface area contributed by atoms with E-state index in [1.165, 1.54) is 12.1 Å². The second-order valence-electron chi connectivity index (χ2n) is 6.65. The topological polar surface area (TPSA) is 73.2 Å². The summed E-state index contributed by atoms with van der Waals surface area (Å²) in [5.41, 5.74) is 0.551. The van der Waals surface area contributed by atoms with Gasteiger partial charge in [-0.1, -0.05) is 44.0 Å². The number of hydrogen-bond donors (Lipinski definition) is 1. The predicted octanol–water partition coefficient (Wildman–Crippen LogP) is 3.83. The van der Waals surface area contributed by atoms with Crippen LogP contribution in [0.5, 0.6) is 0 Å². The fraction of sp³-hybridized carbons (Fsp3) is 0.286. The lowest BCUT2D eigenvalue weighted by Crippen LogP contribution is -2.44. The number of amides is 3. The van der Waals surface area contributed by atoms with Crippen LogP contribution in [0.2, 0.25) is 0 Å². The Labute approximate surface area is 157 Å². The Morgan fingerprint density at radius 1 is 1.19 bits per heavy atom. The molecule has 1 atom stereocenters. The monoisotopic (exact) mass is 365 g/mol. The van der Waals surface area contributed by atoms with E-state index in [-0.39, 0.29) is 12.5 Å². The smallest absolute Gasteiger partial charge is 0.319 e. The van der Waals surface area contributed by atoms with Crippen LogP contribution in [0.25, 0.3) is 0 Å². The third-order valence-corrected chi connectivity index (χ3v) is 4.81. The highest BCUT2D eigenvalue weighted by Crippen LogP contribution is 2.35. The van der Waals surface area contributed by atoms with Crippen molar-refractivity contribution in [2.24, 2.45) is 0 Å². The molecule has 1 fully saturated rings. The molecule has 3 rings (SSSR count). The van der Waals surface area contributed by atoms with E-state index in [4.69, 9.17) is 5.26 Å². The van der Waals surface area contributed by atoms with Gasteiger partial charge in [0.2, 0.25) is 0 Å². The van der Waals surface area contributed by atoms with E-state index in [2.05, 4.69) is 11.4 Å². The first-order valence-corrected chi connectivity index (χ1v) is 8.89. The Bertz CT molecular complexity index is 904. The minimum Gasteiger partial charge on any atom is -0.319 e. The van der Waals surface area contributed by atoms with Crippen LogP contribution in [0.3, 0.4) is 0 Å². The molecule has 2 aromatic rings. The summed E-state index contributed by atoms with van der Waals surface area (Å²) in [6.45, 7) is 2.08. The molecule has 138 valence electrons. The number of imide groups is 1. The molecule has 1 heterocycles. The van der Waals surface area contributed by atoms with Gasteiger partial charge in [0.25, 0.3) is 5.91 Å². The molecule has 27 heavy (non-hydrogen) atoms. The number of carbonyl (C=O) groups excluding carboxylic acids is 2. The van der Waals surface area contributed by atoms with Crippen molar-refractivity contribution in [3.8, 4) is 6.07 Å². The van der Waals surface area contributed by atoms with Gasteiger partial charge in [-0.05, 0) is 41.8 Å². The lowest BCUT2D eigenvalue weighted by atomic mass is 9.84. The molecule has 0 saturated carbocycles. The lowest BCUT2D eigenvalue weighted by molar-refractivity contribution is -0.132. The summed E-state index contributed by atoms with van der Waals surface area (Å²) in [4.78, 5) is 27.1. The number of unbranched alkanes of at least 4 members (excludes halogenated alkanes) is 1. The molecule has 0 spiro atoms. The van der Waals surface area contributed by atoms with E-state index >= 15 is 0 Å². The molecule has 1 aliphatic rings. The quantitative estimate of drug-likeness (QED) is 0.791. The van der Waals surface area contributed by atoms with Gasteiger partial charge in [-0.2, -0.15) is 5.26 Å². The highest BCUT2D eigenvalue weighted by Gasteiger charge is 2.51. The van der Waals surface area contributed by atoms with Gasteiger partial charge in [0.1, 0.15) is 11.4 Å². The van der Waals surface area contributed by atoms with Crippen molar-refractivity contribution in [1.29, 1.82) is 5.26 Å². The number of benzene rings is 2. The Hall–Kier alpha value is -3.20. The van der Waals surface area contributed by atoms with Crippen molar-refractivity contribution in [2.45, 2.75) is 38.3 Å². The molecule has 2 aromatic carbocycles. The standard InChI is InChI=1S/C21H20FN3O2/c1-2-3-11-21(17-7-9-18(22)10-8-17)19(26)25(20(27)24-21)14-16-6-4-5-15(12-16)13-23/h4-10,12H,2-3,11,14H2,1H3,(H,24,27). The third-order valence-electron chi connectivity index (χ3n) is 4.81. The van der Waals surface area contributed by atoms with Crippen LogP contribution >= 0.6 is 0 Å². The SMILES string of the molecule is CCCCC1(c2ccc(F)cc2)NC(=O)N(Cc2cccc(C#N)c2)C1=O. The van der Waals surface area contributed by atoms with E-state index in [1.54, 1.807) is 36.4 Å². The fourth-order valence-corrected chi connectivity index (χ4v) is 3.38. The first-order chi connectivity index (χ1) is 13.0. The highest BCUT2D eigenvalue weighted by atomic mass is 19.1. The van der Waals surface area contributed by atoms with Gasteiger partial charge < -0.3 is 5.32 Å². The molecule has 0 radical (unpaired) electrons. The van der Waals surface area contributed by atoms with Crippen LogP contribution < -0.4 is 5.32 Å². The molecule has 0 aliphatic carbocycles. The fourth-order valence-electron chi connectivity index (χ4n) is 3.38. The van der Waals surface area contributed by atoms with Gasteiger partial charge in [0, 0.05) is 0 Å². The molecule has 1 saturated heterocycles. The molecule has 0 aromatic heterocycles. The van der Waals surface area contributed by atoms with Gasteiger partial charge in [0.15, 0.2) is 0 Å². The van der Waals surface area contributed by atoms with Crippen molar-refractivity contribution in [2.75, 3.05) is 0 Å². The summed E-state index contributed by atoms with van der Waals surface area (Å²) >= 11 is 0. The van der Waals surface area contributed by atoms with E-state index in [1.807, 2.05) is 6.92 Å². The first kappa shape index (κ1) is 18.6. The molecule has 1 aliphatic heterocycles. The number of halogens is 1. The van der Waals surface area contributed by atoms with Crippen LogP contribution in [0, 0.1) is 17.1 Å². The molecule has 6 heteroatoms. The van der Waals surface area contributed by atoms with E-state index in [0.29, 0.717) is 23.1 Å². The Morgan fingerprint density at radius 3 is 2.59 bits per heavy atom. The average Bonchev–Trinajstić information content (AvgIpc) is 2.92. The number of nitrogens with zero attached hydrogens (tertiary/aromatic N) is 2. The number of rotatable bonds is 6. The van der Waals surface area contributed by atoms with Crippen molar-refractivity contribution in [3.63, 3.8) is 0 Å². The van der Waals surface area contributed by atoms with Crippen LogP contribution in [-0.4, -0.2) is 16.8 Å². The zero-order valence-corrected chi connectivity index (χ0v) is 15.0. The average molecular weight is 365 g/mol. The minimum absolute atomic E-state index is 0.0786. The zero-order chi connectivity index (χ0) is 19.4. The van der Waals surface area contributed by atoms with Crippen molar-refractivity contribution < 1.29 is 14.0 Å². The zero-order valence-electron chi connectivity index (χ0n) is 15.0. The summed E-state index contributed by atoms with van der Waals surface area (Å²) in [5, 5.41) is 11.9. The number of hydrogen-bond acceptors (Lipinski definition) is 3. The second-order valence-corrected chi connectivity index (χ2v) is 6.65. The number of urea groups is 1. The minimum atomic E-state index is -1.19. The maximum absolute atomic E-state index is 13.4. The van der Waals surface area contributed by atoms with Gasteiger partial charge in [-0.3, -0.25) is 9.69 Å². The second kappa shape index (κ2) is 7.58. The Morgan fingerprint density at radius 2 is 1.93 bits per heavy atom. The molecular weight excluding hydrogens is 345 g/mol. The maximum Gasteiger partial charge on any atom is 0.325 e. The van der Waals surface area contributed by atoms with E-state index in [9.17, 15) is 14.0 Å². The van der Waals surface area contributed by atoms with Crippen LogP contribution in [0.4, 0.5) is 9.18 Å². The van der Waals surface area contributed by atoms with Crippen molar-refractivity contribution in [1.82, 2.24) is 10.2 Å². The van der Waals surface area contributed by atoms with Gasteiger partial charge in [0.05, 0.1) is 18.2 Å². The molecule has 1 unspecified atom stereocenters. The largest absolute Gasteiger partial charge is 0.325 e.